The predicted octanol–water partition coefficient (Wildman–Crippen LogP) is 3.13. The highest BCUT2D eigenvalue weighted by Gasteiger charge is 2.40. The summed E-state index contributed by atoms with van der Waals surface area (Å²) in [6.45, 7) is 9.27. The number of rotatable bonds is 8. The van der Waals surface area contributed by atoms with E-state index in [0.29, 0.717) is 11.8 Å². The van der Waals surface area contributed by atoms with E-state index in [0.717, 1.165) is 45.3 Å². The number of hydrogen-bond donors (Lipinski definition) is 2. The minimum Gasteiger partial charge on any atom is -0.354 e. The number of amides is 1. The Morgan fingerprint density at radius 3 is 2.32 bits per heavy atom. The topological polar surface area (TPSA) is 41.1 Å². The molecule has 1 rings (SSSR count). The van der Waals surface area contributed by atoms with E-state index in [9.17, 15) is 4.79 Å². The summed E-state index contributed by atoms with van der Waals surface area (Å²) < 4.78 is 0. The molecular formula is C15H31ClN2O. The van der Waals surface area contributed by atoms with Gasteiger partial charge in [0, 0.05) is 18.5 Å². The van der Waals surface area contributed by atoms with Crippen molar-refractivity contribution in [3.8, 4) is 0 Å². The zero-order chi connectivity index (χ0) is 13.4. The molecule has 0 atom stereocenters. The van der Waals surface area contributed by atoms with Crippen LogP contribution < -0.4 is 10.6 Å². The third kappa shape index (κ3) is 6.13. The van der Waals surface area contributed by atoms with Gasteiger partial charge in [-0.1, -0.05) is 33.6 Å². The SMILES string of the molecule is CCCNCCNC(=O)C1(CC(C)C)CCCC1.Cl. The molecule has 19 heavy (non-hydrogen) atoms. The maximum atomic E-state index is 12.4. The van der Waals surface area contributed by atoms with Crippen LogP contribution in [-0.4, -0.2) is 25.5 Å². The van der Waals surface area contributed by atoms with Crippen molar-refractivity contribution >= 4 is 18.3 Å². The number of carbonyl (C=O) groups is 1. The van der Waals surface area contributed by atoms with Gasteiger partial charge in [0.25, 0.3) is 0 Å². The van der Waals surface area contributed by atoms with Gasteiger partial charge in [0.15, 0.2) is 0 Å². The van der Waals surface area contributed by atoms with Gasteiger partial charge in [-0.05, 0) is 38.1 Å². The predicted molar refractivity (Wildman–Crippen MR) is 83.8 cm³/mol. The van der Waals surface area contributed by atoms with Crippen LogP contribution in [0.5, 0.6) is 0 Å². The molecule has 0 radical (unpaired) electrons. The molecule has 114 valence electrons. The highest BCUT2D eigenvalue weighted by Crippen LogP contribution is 2.43. The molecule has 4 heteroatoms. The van der Waals surface area contributed by atoms with Crippen molar-refractivity contribution in [1.82, 2.24) is 10.6 Å². The van der Waals surface area contributed by atoms with Crippen LogP contribution in [0.25, 0.3) is 0 Å². The molecule has 0 aromatic carbocycles. The van der Waals surface area contributed by atoms with Crippen LogP contribution in [0.15, 0.2) is 0 Å². The standard InChI is InChI=1S/C15H30N2O.ClH/c1-4-9-16-10-11-17-14(18)15(12-13(2)3)7-5-6-8-15;/h13,16H,4-12H2,1-3H3,(H,17,18);1H. The van der Waals surface area contributed by atoms with Gasteiger partial charge in [0.1, 0.15) is 0 Å². The first-order valence-electron chi connectivity index (χ1n) is 7.60. The van der Waals surface area contributed by atoms with Gasteiger partial charge >= 0.3 is 0 Å². The third-order valence-electron chi connectivity index (χ3n) is 3.86. The van der Waals surface area contributed by atoms with E-state index < -0.39 is 0 Å². The third-order valence-corrected chi connectivity index (χ3v) is 3.86. The molecule has 1 aliphatic carbocycles. The molecule has 0 aromatic rings. The molecule has 3 nitrogen and oxygen atoms in total. The lowest BCUT2D eigenvalue weighted by Crippen LogP contribution is -2.42. The first-order chi connectivity index (χ1) is 8.60. The van der Waals surface area contributed by atoms with E-state index in [1.165, 1.54) is 12.8 Å². The van der Waals surface area contributed by atoms with E-state index >= 15 is 0 Å². The minimum absolute atomic E-state index is 0. The van der Waals surface area contributed by atoms with Crippen LogP contribution in [0.2, 0.25) is 0 Å². The Bertz CT molecular complexity index is 251. The maximum Gasteiger partial charge on any atom is 0.226 e. The fourth-order valence-electron chi connectivity index (χ4n) is 3.11. The quantitative estimate of drug-likeness (QED) is 0.674. The van der Waals surface area contributed by atoms with E-state index in [1.54, 1.807) is 0 Å². The maximum absolute atomic E-state index is 12.4. The Hall–Kier alpha value is -0.280. The molecule has 0 unspecified atom stereocenters. The average molecular weight is 291 g/mol. The summed E-state index contributed by atoms with van der Waals surface area (Å²) in [5.41, 5.74) is -0.0566. The smallest absolute Gasteiger partial charge is 0.226 e. The largest absolute Gasteiger partial charge is 0.354 e. The van der Waals surface area contributed by atoms with Crippen molar-refractivity contribution in [2.45, 2.75) is 59.3 Å². The lowest BCUT2D eigenvalue weighted by atomic mass is 9.77. The van der Waals surface area contributed by atoms with E-state index in [1.807, 2.05) is 0 Å². The number of nitrogens with one attached hydrogen (secondary N) is 2. The highest BCUT2D eigenvalue weighted by atomic mass is 35.5. The molecule has 1 fully saturated rings. The number of halogens is 1. The zero-order valence-electron chi connectivity index (χ0n) is 12.8. The fraction of sp³-hybridized carbons (Fsp3) is 0.933. The van der Waals surface area contributed by atoms with Gasteiger partial charge in [-0.2, -0.15) is 0 Å². The van der Waals surface area contributed by atoms with Gasteiger partial charge in [-0.25, -0.2) is 0 Å². The highest BCUT2D eigenvalue weighted by molar-refractivity contribution is 5.85. The molecule has 0 aliphatic heterocycles. The van der Waals surface area contributed by atoms with Crippen LogP contribution in [0.3, 0.4) is 0 Å². The van der Waals surface area contributed by atoms with Crippen molar-refractivity contribution in [2.75, 3.05) is 19.6 Å². The molecule has 1 amide bonds. The second-order valence-corrected chi connectivity index (χ2v) is 6.09. The first-order valence-corrected chi connectivity index (χ1v) is 7.60. The van der Waals surface area contributed by atoms with Crippen LogP contribution in [-0.2, 0) is 4.79 Å². The molecule has 0 saturated heterocycles. The van der Waals surface area contributed by atoms with Crippen molar-refractivity contribution in [1.29, 1.82) is 0 Å². The number of hydrogen-bond acceptors (Lipinski definition) is 2. The summed E-state index contributed by atoms with van der Waals surface area (Å²) in [6.07, 6.45) is 6.79. The van der Waals surface area contributed by atoms with Crippen LogP contribution in [0.4, 0.5) is 0 Å². The Morgan fingerprint density at radius 2 is 1.79 bits per heavy atom. The van der Waals surface area contributed by atoms with Crippen molar-refractivity contribution < 1.29 is 4.79 Å². The lowest BCUT2D eigenvalue weighted by Gasteiger charge is -2.29. The second-order valence-electron chi connectivity index (χ2n) is 6.09. The summed E-state index contributed by atoms with van der Waals surface area (Å²) in [4.78, 5) is 12.4. The van der Waals surface area contributed by atoms with E-state index in [2.05, 4.69) is 31.4 Å². The Kier molecular flexibility index (Phi) is 9.46. The molecule has 0 spiro atoms. The molecule has 2 N–H and O–H groups in total. The molecular weight excluding hydrogens is 260 g/mol. The van der Waals surface area contributed by atoms with E-state index in [-0.39, 0.29) is 17.8 Å². The normalized spacial score (nSPS) is 17.3. The molecule has 0 heterocycles. The van der Waals surface area contributed by atoms with Crippen molar-refractivity contribution in [3.63, 3.8) is 0 Å². The van der Waals surface area contributed by atoms with Crippen LogP contribution >= 0.6 is 12.4 Å². The van der Waals surface area contributed by atoms with Crippen LogP contribution in [0, 0.1) is 11.3 Å². The van der Waals surface area contributed by atoms with Gasteiger partial charge in [0.2, 0.25) is 5.91 Å². The number of carbonyl (C=O) groups excluding carboxylic acids is 1. The molecule has 0 aromatic heterocycles. The van der Waals surface area contributed by atoms with Gasteiger partial charge < -0.3 is 10.6 Å². The van der Waals surface area contributed by atoms with Crippen molar-refractivity contribution in [2.24, 2.45) is 11.3 Å². The average Bonchev–Trinajstić information content (AvgIpc) is 2.77. The Labute approximate surface area is 124 Å². The summed E-state index contributed by atoms with van der Waals surface area (Å²) in [6, 6.07) is 0. The summed E-state index contributed by atoms with van der Waals surface area (Å²) in [5, 5.41) is 6.45. The monoisotopic (exact) mass is 290 g/mol. The summed E-state index contributed by atoms with van der Waals surface area (Å²) in [7, 11) is 0. The van der Waals surface area contributed by atoms with Crippen LogP contribution in [0.1, 0.15) is 59.3 Å². The minimum atomic E-state index is -0.0566. The molecule has 0 bridgehead atoms. The summed E-state index contributed by atoms with van der Waals surface area (Å²) in [5.74, 6) is 0.902. The molecule has 1 saturated carbocycles. The van der Waals surface area contributed by atoms with Crippen molar-refractivity contribution in [3.05, 3.63) is 0 Å². The van der Waals surface area contributed by atoms with Gasteiger partial charge in [-0.3, -0.25) is 4.79 Å². The van der Waals surface area contributed by atoms with Gasteiger partial charge in [0.05, 0.1) is 0 Å². The zero-order valence-corrected chi connectivity index (χ0v) is 13.6. The Morgan fingerprint density at radius 1 is 1.16 bits per heavy atom. The Balaban J connectivity index is 0.00000324. The first kappa shape index (κ1) is 18.7. The molecule has 1 aliphatic rings. The van der Waals surface area contributed by atoms with Gasteiger partial charge in [-0.15, -0.1) is 12.4 Å². The fourth-order valence-corrected chi connectivity index (χ4v) is 3.11. The van der Waals surface area contributed by atoms with E-state index in [4.69, 9.17) is 0 Å². The lowest BCUT2D eigenvalue weighted by molar-refractivity contribution is -0.131. The summed E-state index contributed by atoms with van der Waals surface area (Å²) >= 11 is 0. The second kappa shape index (κ2) is 9.60.